The molecule has 0 fully saturated rings. The van der Waals surface area contributed by atoms with Gasteiger partial charge in [0, 0.05) is 20.2 Å². The van der Waals surface area contributed by atoms with E-state index in [9.17, 15) is 13.6 Å². The highest BCUT2D eigenvalue weighted by atomic mass is 19.3. The minimum Gasteiger partial charge on any atom is -0.382 e. The van der Waals surface area contributed by atoms with Gasteiger partial charge in [0.15, 0.2) is 0 Å². The van der Waals surface area contributed by atoms with Crippen LogP contribution in [0.1, 0.15) is 10.5 Å². The van der Waals surface area contributed by atoms with Crippen molar-refractivity contribution in [3.8, 4) is 0 Å². The highest BCUT2D eigenvalue weighted by Crippen LogP contribution is 2.10. The Morgan fingerprint density at radius 3 is 2.73 bits per heavy atom. The average Bonchev–Trinajstić information content (AvgIpc) is 2.44. The van der Waals surface area contributed by atoms with Gasteiger partial charge in [-0.25, -0.2) is 8.78 Å². The molecule has 1 heterocycles. The van der Waals surface area contributed by atoms with Crippen LogP contribution in [-0.4, -0.2) is 41.1 Å². The van der Waals surface area contributed by atoms with Gasteiger partial charge in [0.2, 0.25) is 0 Å². The third-order valence-corrected chi connectivity index (χ3v) is 1.74. The summed E-state index contributed by atoms with van der Waals surface area (Å²) >= 11 is 0. The molecule has 0 aromatic carbocycles. The van der Waals surface area contributed by atoms with Crippen molar-refractivity contribution in [2.45, 2.75) is 13.0 Å². The lowest BCUT2D eigenvalue weighted by atomic mass is 10.3. The Morgan fingerprint density at radius 1 is 1.67 bits per heavy atom. The molecular weight excluding hydrogens is 206 g/mol. The molecule has 0 spiro atoms. The number of amides is 1. The van der Waals surface area contributed by atoms with E-state index < -0.39 is 18.9 Å². The summed E-state index contributed by atoms with van der Waals surface area (Å²) in [6, 6.07) is 1.28. The zero-order valence-electron chi connectivity index (χ0n) is 8.44. The largest absolute Gasteiger partial charge is 0.382 e. The summed E-state index contributed by atoms with van der Waals surface area (Å²) in [6.45, 7) is -0.633. The molecular formula is C8H12F2N4O. The van der Waals surface area contributed by atoms with Crippen LogP contribution in [-0.2, 0) is 6.54 Å². The molecule has 1 aromatic rings. The Morgan fingerprint density at radius 2 is 2.27 bits per heavy atom. The fourth-order valence-electron chi connectivity index (χ4n) is 1.11. The third-order valence-electron chi connectivity index (χ3n) is 1.74. The Labute approximate surface area is 85.5 Å². The van der Waals surface area contributed by atoms with Crippen LogP contribution in [0.3, 0.4) is 0 Å². The highest BCUT2D eigenvalue weighted by molar-refractivity contribution is 5.92. The van der Waals surface area contributed by atoms with Gasteiger partial charge < -0.3 is 10.6 Å². The second-order valence-electron chi connectivity index (χ2n) is 3.23. The molecule has 15 heavy (non-hydrogen) atoms. The van der Waals surface area contributed by atoms with Crippen LogP contribution < -0.4 is 5.73 Å². The first kappa shape index (κ1) is 11.4. The summed E-state index contributed by atoms with van der Waals surface area (Å²) < 4.78 is 25.2. The standard InChI is InChI=1S/C8H12F2N4O/c1-13(2)8(15)5-3-7(11)12-14(5)4-6(9)10/h3,6H,4H2,1-2H3,(H2,11,12). The number of nitrogen functional groups attached to an aromatic ring is 1. The predicted molar refractivity (Wildman–Crippen MR) is 50.7 cm³/mol. The summed E-state index contributed by atoms with van der Waals surface area (Å²) in [4.78, 5) is 12.8. The van der Waals surface area contributed by atoms with Gasteiger partial charge in [0.05, 0.1) is 0 Å². The second-order valence-corrected chi connectivity index (χ2v) is 3.23. The van der Waals surface area contributed by atoms with Crippen molar-refractivity contribution in [2.75, 3.05) is 19.8 Å². The van der Waals surface area contributed by atoms with Gasteiger partial charge in [-0.05, 0) is 0 Å². The lowest BCUT2D eigenvalue weighted by Gasteiger charge is -2.11. The first-order valence-electron chi connectivity index (χ1n) is 4.25. The van der Waals surface area contributed by atoms with Gasteiger partial charge in [-0.1, -0.05) is 0 Å². The van der Waals surface area contributed by atoms with Crippen molar-refractivity contribution < 1.29 is 13.6 Å². The quantitative estimate of drug-likeness (QED) is 0.800. The molecule has 0 aliphatic rings. The second kappa shape index (κ2) is 4.24. The molecule has 0 bridgehead atoms. The van der Waals surface area contributed by atoms with E-state index in [1.54, 1.807) is 0 Å². The predicted octanol–water partition coefficient (Wildman–Crippen LogP) is 0.432. The van der Waals surface area contributed by atoms with E-state index in [1.165, 1.54) is 25.1 Å². The molecule has 84 valence electrons. The van der Waals surface area contributed by atoms with E-state index in [1.807, 2.05) is 0 Å². The van der Waals surface area contributed by atoms with Gasteiger partial charge in [-0.3, -0.25) is 9.48 Å². The number of anilines is 1. The highest BCUT2D eigenvalue weighted by Gasteiger charge is 2.18. The SMILES string of the molecule is CN(C)C(=O)c1cc(N)nn1CC(F)F. The molecule has 0 aliphatic heterocycles. The van der Waals surface area contributed by atoms with Crippen molar-refractivity contribution in [2.24, 2.45) is 0 Å². The van der Waals surface area contributed by atoms with Crippen molar-refractivity contribution in [3.05, 3.63) is 11.8 Å². The average molecular weight is 218 g/mol. The van der Waals surface area contributed by atoms with Gasteiger partial charge in [0.25, 0.3) is 12.3 Å². The molecule has 0 aliphatic carbocycles. The minimum absolute atomic E-state index is 0.0563. The van der Waals surface area contributed by atoms with E-state index in [0.717, 1.165) is 4.68 Å². The van der Waals surface area contributed by atoms with Crippen LogP contribution in [0, 0.1) is 0 Å². The number of aromatic nitrogens is 2. The maximum absolute atomic E-state index is 12.1. The number of carbonyl (C=O) groups excluding carboxylic acids is 1. The van der Waals surface area contributed by atoms with E-state index in [4.69, 9.17) is 5.73 Å². The van der Waals surface area contributed by atoms with Crippen LogP contribution in [0.25, 0.3) is 0 Å². The number of carbonyl (C=O) groups is 1. The van der Waals surface area contributed by atoms with E-state index in [-0.39, 0.29) is 11.5 Å². The summed E-state index contributed by atoms with van der Waals surface area (Å²) in [5.41, 5.74) is 5.41. The van der Waals surface area contributed by atoms with Crippen LogP contribution in [0.5, 0.6) is 0 Å². The number of hydrogen-bond donors (Lipinski definition) is 1. The van der Waals surface area contributed by atoms with Crippen LogP contribution in [0.2, 0.25) is 0 Å². The number of nitrogens with two attached hydrogens (primary N) is 1. The van der Waals surface area contributed by atoms with E-state index in [2.05, 4.69) is 5.10 Å². The number of rotatable bonds is 3. The zero-order valence-corrected chi connectivity index (χ0v) is 8.44. The van der Waals surface area contributed by atoms with Gasteiger partial charge in [0.1, 0.15) is 18.1 Å². The topological polar surface area (TPSA) is 64.2 Å². The Balaban J connectivity index is 3.00. The minimum atomic E-state index is -2.57. The summed E-state index contributed by atoms with van der Waals surface area (Å²) in [5.74, 6) is -0.347. The monoisotopic (exact) mass is 218 g/mol. The van der Waals surface area contributed by atoms with Gasteiger partial charge in [-0.15, -0.1) is 0 Å². The molecule has 5 nitrogen and oxygen atoms in total. The fraction of sp³-hybridized carbons (Fsp3) is 0.500. The molecule has 1 amide bonds. The van der Waals surface area contributed by atoms with Crippen molar-refractivity contribution >= 4 is 11.7 Å². The lowest BCUT2D eigenvalue weighted by molar-refractivity contribution is 0.0800. The number of hydrogen-bond acceptors (Lipinski definition) is 3. The number of halogens is 2. The molecule has 0 radical (unpaired) electrons. The Hall–Kier alpha value is -1.66. The molecule has 0 unspecified atom stereocenters. The Kier molecular flexibility index (Phi) is 3.23. The van der Waals surface area contributed by atoms with Gasteiger partial charge >= 0.3 is 0 Å². The van der Waals surface area contributed by atoms with Crippen molar-refractivity contribution in [1.29, 1.82) is 0 Å². The molecule has 0 saturated heterocycles. The zero-order chi connectivity index (χ0) is 11.6. The normalized spacial score (nSPS) is 10.7. The molecule has 0 atom stereocenters. The number of nitrogens with zero attached hydrogens (tertiary/aromatic N) is 3. The maximum atomic E-state index is 12.1. The molecule has 0 saturated carbocycles. The first-order valence-corrected chi connectivity index (χ1v) is 4.25. The van der Waals surface area contributed by atoms with Crippen LogP contribution in [0.4, 0.5) is 14.6 Å². The fourth-order valence-corrected chi connectivity index (χ4v) is 1.11. The maximum Gasteiger partial charge on any atom is 0.271 e. The molecule has 1 rings (SSSR count). The van der Waals surface area contributed by atoms with Crippen LogP contribution in [0.15, 0.2) is 6.07 Å². The summed E-state index contributed by atoms with van der Waals surface area (Å²) in [6.07, 6.45) is -2.57. The van der Waals surface area contributed by atoms with Crippen LogP contribution >= 0.6 is 0 Å². The van der Waals surface area contributed by atoms with Crippen molar-refractivity contribution in [1.82, 2.24) is 14.7 Å². The lowest BCUT2D eigenvalue weighted by Crippen LogP contribution is -2.26. The molecule has 7 heteroatoms. The van der Waals surface area contributed by atoms with E-state index in [0.29, 0.717) is 0 Å². The van der Waals surface area contributed by atoms with Gasteiger partial charge in [-0.2, -0.15) is 5.10 Å². The van der Waals surface area contributed by atoms with E-state index >= 15 is 0 Å². The molecule has 2 N–H and O–H groups in total. The Bertz CT molecular complexity index is 362. The summed E-state index contributed by atoms with van der Waals surface area (Å²) in [5, 5.41) is 3.62. The smallest absolute Gasteiger partial charge is 0.271 e. The molecule has 1 aromatic heterocycles. The number of alkyl halides is 2. The third kappa shape index (κ3) is 2.64. The summed E-state index contributed by atoms with van der Waals surface area (Å²) in [7, 11) is 3.05. The first-order chi connectivity index (χ1) is 6.91. The van der Waals surface area contributed by atoms with Crippen molar-refractivity contribution in [3.63, 3.8) is 0 Å².